The van der Waals surface area contributed by atoms with Crippen molar-refractivity contribution in [3.05, 3.63) is 42.0 Å². The predicted octanol–water partition coefficient (Wildman–Crippen LogP) is 3.70. The van der Waals surface area contributed by atoms with Gasteiger partial charge in [-0.3, -0.25) is 9.59 Å². The quantitative estimate of drug-likeness (QED) is 0.764. The number of phenols is 1. The van der Waals surface area contributed by atoms with Gasteiger partial charge in [-0.05, 0) is 42.2 Å². The highest BCUT2D eigenvalue weighted by atomic mass is 16.3. The maximum absolute atomic E-state index is 12.9. The third-order valence-corrected chi connectivity index (χ3v) is 5.33. The molecule has 1 heterocycles. The van der Waals surface area contributed by atoms with Crippen LogP contribution < -0.4 is 5.32 Å². The minimum absolute atomic E-state index is 0.00879. The molecule has 0 saturated carbocycles. The molecule has 2 N–H and O–H groups in total. The molecule has 0 bridgehead atoms. The van der Waals surface area contributed by atoms with E-state index in [1.165, 1.54) is 0 Å². The van der Waals surface area contributed by atoms with Gasteiger partial charge in [0.05, 0.1) is 5.56 Å². The molecule has 5 heteroatoms. The van der Waals surface area contributed by atoms with Crippen LogP contribution in [-0.4, -0.2) is 41.5 Å². The first-order chi connectivity index (χ1) is 13.1. The first-order valence-corrected chi connectivity index (χ1v) is 9.89. The summed E-state index contributed by atoms with van der Waals surface area (Å²) in [5.41, 5.74) is 0.330. The Morgan fingerprint density at radius 1 is 1.11 bits per heavy atom. The van der Waals surface area contributed by atoms with Crippen molar-refractivity contribution in [1.82, 2.24) is 10.2 Å². The van der Waals surface area contributed by atoms with Crippen LogP contribution in [0.4, 0.5) is 0 Å². The molecule has 0 atom stereocenters. The van der Waals surface area contributed by atoms with Crippen molar-refractivity contribution in [3.63, 3.8) is 0 Å². The van der Waals surface area contributed by atoms with Crippen molar-refractivity contribution >= 4 is 22.6 Å². The number of hydrogen-bond acceptors (Lipinski definition) is 3. The normalized spacial score (nSPS) is 15.1. The van der Waals surface area contributed by atoms with Crippen LogP contribution >= 0.6 is 0 Å². The molecule has 144 valence electrons. The van der Waals surface area contributed by atoms with Gasteiger partial charge in [-0.1, -0.05) is 44.0 Å². The molecule has 0 unspecified atom stereocenters. The molecule has 1 saturated heterocycles. The number of carbonyl (C=O) groups excluding carboxylic acids is 2. The van der Waals surface area contributed by atoms with E-state index in [0.29, 0.717) is 31.5 Å². The molecule has 2 aromatic carbocycles. The molecule has 1 aliphatic rings. The van der Waals surface area contributed by atoms with Crippen LogP contribution in [0.2, 0.25) is 0 Å². The van der Waals surface area contributed by atoms with Crippen molar-refractivity contribution in [1.29, 1.82) is 0 Å². The molecule has 0 radical (unpaired) electrons. The van der Waals surface area contributed by atoms with Crippen molar-refractivity contribution in [2.45, 2.75) is 39.0 Å². The zero-order valence-corrected chi connectivity index (χ0v) is 15.9. The number of benzene rings is 2. The van der Waals surface area contributed by atoms with E-state index in [1.54, 1.807) is 17.0 Å². The smallest absolute Gasteiger partial charge is 0.257 e. The van der Waals surface area contributed by atoms with Crippen LogP contribution in [0, 0.1) is 5.92 Å². The summed E-state index contributed by atoms with van der Waals surface area (Å²) in [6, 6.07) is 11.0. The molecule has 3 rings (SSSR count). The number of nitrogens with zero attached hydrogens (tertiary/aromatic N) is 1. The van der Waals surface area contributed by atoms with E-state index in [2.05, 4.69) is 12.2 Å². The summed E-state index contributed by atoms with van der Waals surface area (Å²) < 4.78 is 0. The van der Waals surface area contributed by atoms with Gasteiger partial charge in [0.25, 0.3) is 5.91 Å². The van der Waals surface area contributed by atoms with E-state index in [4.69, 9.17) is 0 Å². The van der Waals surface area contributed by atoms with Gasteiger partial charge < -0.3 is 15.3 Å². The average Bonchev–Trinajstić information content (AvgIpc) is 2.70. The van der Waals surface area contributed by atoms with Gasteiger partial charge in [-0.25, -0.2) is 0 Å². The number of amides is 2. The van der Waals surface area contributed by atoms with E-state index in [9.17, 15) is 14.7 Å². The minimum Gasteiger partial charge on any atom is -0.507 e. The van der Waals surface area contributed by atoms with Gasteiger partial charge in [0.15, 0.2) is 0 Å². The molecular formula is C22H28N2O3. The molecule has 5 nitrogen and oxygen atoms in total. The Morgan fingerprint density at radius 3 is 2.44 bits per heavy atom. The summed E-state index contributed by atoms with van der Waals surface area (Å²) in [4.78, 5) is 26.8. The molecule has 2 aromatic rings. The zero-order valence-electron chi connectivity index (χ0n) is 15.9. The minimum atomic E-state index is -0.167. The third kappa shape index (κ3) is 4.59. The molecule has 0 aliphatic carbocycles. The van der Waals surface area contributed by atoms with Crippen molar-refractivity contribution in [2.75, 3.05) is 19.6 Å². The number of piperidine rings is 1. The Balaban J connectivity index is 1.59. The van der Waals surface area contributed by atoms with E-state index < -0.39 is 0 Å². The number of carbonyl (C=O) groups is 2. The van der Waals surface area contributed by atoms with E-state index in [-0.39, 0.29) is 23.5 Å². The van der Waals surface area contributed by atoms with Gasteiger partial charge in [-0.2, -0.15) is 0 Å². The van der Waals surface area contributed by atoms with Gasteiger partial charge in [0.1, 0.15) is 5.75 Å². The number of rotatable bonds is 6. The number of aromatic hydroxyl groups is 1. The molecule has 2 amide bonds. The van der Waals surface area contributed by atoms with Gasteiger partial charge in [0, 0.05) is 25.6 Å². The second kappa shape index (κ2) is 8.89. The number of fused-ring (bicyclic) bond motifs is 1. The number of nitrogens with one attached hydrogen (secondary N) is 1. The fraction of sp³-hybridized carbons (Fsp3) is 0.455. The lowest BCUT2D eigenvalue weighted by Gasteiger charge is -2.31. The van der Waals surface area contributed by atoms with Crippen LogP contribution in [0.15, 0.2) is 36.4 Å². The van der Waals surface area contributed by atoms with Crippen molar-refractivity contribution in [2.24, 2.45) is 5.92 Å². The number of unbranched alkanes of at least 4 members (excludes halogenated alkanes) is 2. The fourth-order valence-electron chi connectivity index (χ4n) is 3.65. The highest BCUT2D eigenvalue weighted by Gasteiger charge is 2.28. The fourth-order valence-corrected chi connectivity index (χ4v) is 3.65. The Hall–Kier alpha value is -2.56. The van der Waals surface area contributed by atoms with Crippen LogP contribution in [0.3, 0.4) is 0 Å². The summed E-state index contributed by atoms with van der Waals surface area (Å²) in [7, 11) is 0. The Bertz CT molecular complexity index is 810. The molecular weight excluding hydrogens is 340 g/mol. The second-order valence-corrected chi connectivity index (χ2v) is 7.28. The molecule has 27 heavy (non-hydrogen) atoms. The highest BCUT2D eigenvalue weighted by molar-refractivity contribution is 6.01. The van der Waals surface area contributed by atoms with Crippen LogP contribution in [0.1, 0.15) is 49.4 Å². The molecule has 0 aromatic heterocycles. The van der Waals surface area contributed by atoms with Crippen molar-refractivity contribution in [3.8, 4) is 5.75 Å². The Labute approximate surface area is 160 Å². The molecule has 0 spiro atoms. The Kier molecular flexibility index (Phi) is 6.32. The molecule has 1 aliphatic heterocycles. The summed E-state index contributed by atoms with van der Waals surface area (Å²) in [5, 5.41) is 15.1. The molecule has 1 fully saturated rings. The summed E-state index contributed by atoms with van der Waals surface area (Å²) >= 11 is 0. The lowest BCUT2D eigenvalue weighted by atomic mass is 9.95. The summed E-state index contributed by atoms with van der Waals surface area (Å²) in [5.74, 6) is -0.0813. The second-order valence-electron chi connectivity index (χ2n) is 7.28. The highest BCUT2D eigenvalue weighted by Crippen LogP contribution is 2.27. The monoisotopic (exact) mass is 368 g/mol. The predicted molar refractivity (Wildman–Crippen MR) is 107 cm³/mol. The van der Waals surface area contributed by atoms with Gasteiger partial charge >= 0.3 is 0 Å². The van der Waals surface area contributed by atoms with Crippen LogP contribution in [0.5, 0.6) is 5.75 Å². The van der Waals surface area contributed by atoms with E-state index in [1.807, 2.05) is 24.3 Å². The number of phenolic OH excluding ortho intramolecular Hbond substituents is 1. The maximum atomic E-state index is 12.9. The topological polar surface area (TPSA) is 69.6 Å². The average molecular weight is 368 g/mol. The van der Waals surface area contributed by atoms with Crippen LogP contribution in [0.25, 0.3) is 10.8 Å². The lowest BCUT2D eigenvalue weighted by Crippen LogP contribution is -2.43. The summed E-state index contributed by atoms with van der Waals surface area (Å²) in [6.45, 7) is 3.95. The summed E-state index contributed by atoms with van der Waals surface area (Å²) in [6.07, 6.45) is 4.61. The van der Waals surface area contributed by atoms with Gasteiger partial charge in [0.2, 0.25) is 5.91 Å². The Morgan fingerprint density at radius 2 is 1.78 bits per heavy atom. The first kappa shape index (κ1) is 19.2. The third-order valence-electron chi connectivity index (χ3n) is 5.33. The number of hydrogen-bond donors (Lipinski definition) is 2. The van der Waals surface area contributed by atoms with Crippen LogP contribution in [-0.2, 0) is 4.79 Å². The lowest BCUT2D eigenvalue weighted by molar-refractivity contribution is -0.126. The number of likely N-dealkylation sites (tertiary alicyclic amines) is 1. The standard InChI is InChI=1S/C22H28N2O3/c1-2-3-6-11-23-21(26)16-9-12-24(13-10-16)22(27)19-14-17-7-4-5-8-18(17)15-20(19)25/h4-5,7-8,14-16,25H,2-3,6,9-13H2,1H3,(H,23,26). The maximum Gasteiger partial charge on any atom is 0.257 e. The zero-order chi connectivity index (χ0) is 19.2. The first-order valence-electron chi connectivity index (χ1n) is 9.89. The van der Waals surface area contributed by atoms with E-state index in [0.717, 1.165) is 36.6 Å². The largest absolute Gasteiger partial charge is 0.507 e. The van der Waals surface area contributed by atoms with E-state index >= 15 is 0 Å². The van der Waals surface area contributed by atoms with Crippen molar-refractivity contribution < 1.29 is 14.7 Å². The van der Waals surface area contributed by atoms with Gasteiger partial charge in [-0.15, -0.1) is 0 Å². The SMILES string of the molecule is CCCCCNC(=O)C1CCN(C(=O)c2cc3ccccc3cc2O)CC1.